The number of rotatable bonds is 3. The summed E-state index contributed by atoms with van der Waals surface area (Å²) >= 11 is 0. The van der Waals surface area contributed by atoms with Crippen LogP contribution in [0, 0.1) is 6.92 Å². The van der Waals surface area contributed by atoms with E-state index < -0.39 is 0 Å². The Morgan fingerprint density at radius 2 is 2.00 bits per heavy atom. The van der Waals surface area contributed by atoms with E-state index in [-0.39, 0.29) is 11.4 Å². The number of aromatic nitrogens is 2. The number of nitrogens with zero attached hydrogens (tertiary/aromatic N) is 1. The molecule has 1 heterocycles. The zero-order valence-corrected chi connectivity index (χ0v) is 10.2. The fourth-order valence-corrected chi connectivity index (χ4v) is 1.76. The first kappa shape index (κ1) is 12.2. The van der Waals surface area contributed by atoms with Gasteiger partial charge < -0.3 is 16.5 Å². The summed E-state index contributed by atoms with van der Waals surface area (Å²) < 4.78 is 0. The van der Waals surface area contributed by atoms with Crippen LogP contribution < -0.4 is 17.0 Å². The molecule has 0 bridgehead atoms. The number of hydrogen-bond acceptors (Lipinski definition) is 4. The molecule has 5 heteroatoms. The highest BCUT2D eigenvalue weighted by atomic mass is 16.1. The molecule has 1 aromatic carbocycles. The lowest BCUT2D eigenvalue weighted by molar-refractivity contribution is 0.851. The smallest absolute Gasteiger partial charge is 0.252 e. The molecule has 0 radical (unpaired) electrons. The number of nitrogens with two attached hydrogens (primary N) is 2. The molecule has 0 atom stereocenters. The van der Waals surface area contributed by atoms with Crippen LogP contribution in [0.15, 0.2) is 29.1 Å². The minimum Gasteiger partial charge on any atom is -0.399 e. The van der Waals surface area contributed by atoms with Crippen molar-refractivity contribution in [2.24, 2.45) is 0 Å². The second kappa shape index (κ2) is 4.91. The fourth-order valence-electron chi connectivity index (χ4n) is 1.76. The van der Waals surface area contributed by atoms with E-state index in [2.05, 4.69) is 9.97 Å². The Morgan fingerprint density at radius 3 is 2.67 bits per heavy atom. The molecule has 0 aliphatic rings. The van der Waals surface area contributed by atoms with Gasteiger partial charge in [-0.15, -0.1) is 0 Å². The molecule has 0 saturated heterocycles. The Hall–Kier alpha value is -2.30. The van der Waals surface area contributed by atoms with Gasteiger partial charge in [0.25, 0.3) is 5.56 Å². The summed E-state index contributed by atoms with van der Waals surface area (Å²) in [5, 5.41) is 0. The van der Waals surface area contributed by atoms with Crippen molar-refractivity contribution in [2.75, 3.05) is 11.5 Å². The van der Waals surface area contributed by atoms with Crippen LogP contribution in [-0.4, -0.2) is 9.97 Å². The predicted molar refractivity (Wildman–Crippen MR) is 72.3 cm³/mol. The first-order valence-corrected chi connectivity index (χ1v) is 5.75. The summed E-state index contributed by atoms with van der Waals surface area (Å²) in [5.41, 5.74) is 14.1. The third-order valence-corrected chi connectivity index (χ3v) is 2.80. The summed E-state index contributed by atoms with van der Waals surface area (Å²) in [5.74, 6) is 0.844. The van der Waals surface area contributed by atoms with Gasteiger partial charge in [0.2, 0.25) is 0 Å². The van der Waals surface area contributed by atoms with Gasteiger partial charge in [-0.1, -0.05) is 12.1 Å². The third kappa shape index (κ3) is 2.88. The minimum absolute atomic E-state index is 0.221. The van der Waals surface area contributed by atoms with E-state index in [0.717, 1.165) is 23.2 Å². The van der Waals surface area contributed by atoms with Crippen LogP contribution in [0.1, 0.15) is 17.0 Å². The van der Waals surface area contributed by atoms with E-state index in [1.54, 1.807) is 0 Å². The maximum absolute atomic E-state index is 11.2. The van der Waals surface area contributed by atoms with Crippen molar-refractivity contribution in [3.05, 3.63) is 51.6 Å². The third-order valence-electron chi connectivity index (χ3n) is 2.80. The number of hydrogen-bond donors (Lipinski definition) is 3. The van der Waals surface area contributed by atoms with E-state index in [9.17, 15) is 4.79 Å². The monoisotopic (exact) mass is 244 g/mol. The number of H-pyrrole nitrogens is 1. The highest BCUT2D eigenvalue weighted by Crippen LogP contribution is 2.14. The van der Waals surface area contributed by atoms with Crippen molar-refractivity contribution in [1.29, 1.82) is 0 Å². The highest BCUT2D eigenvalue weighted by Gasteiger charge is 2.01. The molecule has 1 aromatic heterocycles. The molecular weight excluding hydrogens is 228 g/mol. The van der Waals surface area contributed by atoms with Crippen molar-refractivity contribution in [3.63, 3.8) is 0 Å². The molecule has 0 fully saturated rings. The molecule has 0 unspecified atom stereocenters. The van der Waals surface area contributed by atoms with Gasteiger partial charge in [-0.2, -0.15) is 0 Å². The van der Waals surface area contributed by atoms with Gasteiger partial charge in [0.1, 0.15) is 11.6 Å². The van der Waals surface area contributed by atoms with Crippen molar-refractivity contribution in [1.82, 2.24) is 9.97 Å². The molecule has 94 valence electrons. The van der Waals surface area contributed by atoms with E-state index in [1.807, 2.05) is 25.1 Å². The Bertz CT molecular complexity index is 619. The molecule has 0 aliphatic carbocycles. The lowest BCUT2D eigenvalue weighted by Gasteiger charge is -2.05. The summed E-state index contributed by atoms with van der Waals surface area (Å²) in [4.78, 5) is 18.0. The normalized spacial score (nSPS) is 10.5. The molecule has 0 aliphatic heterocycles. The second-order valence-electron chi connectivity index (χ2n) is 4.31. The number of anilines is 2. The lowest BCUT2D eigenvalue weighted by Crippen LogP contribution is -2.13. The number of aromatic amines is 1. The zero-order chi connectivity index (χ0) is 13.1. The van der Waals surface area contributed by atoms with Crippen molar-refractivity contribution >= 4 is 11.5 Å². The predicted octanol–water partition coefficient (Wildman–Crippen LogP) is 1.03. The van der Waals surface area contributed by atoms with E-state index in [4.69, 9.17) is 11.5 Å². The van der Waals surface area contributed by atoms with Gasteiger partial charge >= 0.3 is 0 Å². The fraction of sp³-hybridized carbons (Fsp3) is 0.231. The van der Waals surface area contributed by atoms with Crippen LogP contribution in [0.3, 0.4) is 0 Å². The molecule has 2 rings (SSSR count). The molecule has 18 heavy (non-hydrogen) atoms. The van der Waals surface area contributed by atoms with Gasteiger partial charge in [-0.25, -0.2) is 4.98 Å². The summed E-state index contributed by atoms with van der Waals surface area (Å²) in [6, 6.07) is 7.23. The van der Waals surface area contributed by atoms with Crippen LogP contribution in [0.4, 0.5) is 11.5 Å². The summed E-state index contributed by atoms with van der Waals surface area (Å²) in [6.07, 6.45) is 1.39. The molecule has 0 amide bonds. The summed E-state index contributed by atoms with van der Waals surface area (Å²) in [6.45, 7) is 1.97. The number of nitrogens with one attached hydrogen (secondary N) is 1. The number of benzene rings is 1. The van der Waals surface area contributed by atoms with Crippen LogP contribution in [0.2, 0.25) is 0 Å². The van der Waals surface area contributed by atoms with Crippen LogP contribution in [0.5, 0.6) is 0 Å². The van der Waals surface area contributed by atoms with E-state index in [0.29, 0.717) is 12.2 Å². The SMILES string of the molecule is Cc1ccc(CCc2nc(N)cc(=O)[nH]2)cc1N. The highest BCUT2D eigenvalue weighted by molar-refractivity contribution is 5.48. The van der Waals surface area contributed by atoms with Crippen LogP contribution in [0.25, 0.3) is 0 Å². The maximum Gasteiger partial charge on any atom is 0.252 e. The Kier molecular flexibility index (Phi) is 3.32. The first-order valence-electron chi connectivity index (χ1n) is 5.75. The van der Waals surface area contributed by atoms with Gasteiger partial charge in [-0.05, 0) is 30.5 Å². The zero-order valence-electron chi connectivity index (χ0n) is 10.2. The van der Waals surface area contributed by atoms with Gasteiger partial charge in [0.15, 0.2) is 0 Å². The quantitative estimate of drug-likeness (QED) is 0.702. The summed E-state index contributed by atoms with van der Waals surface area (Å²) in [7, 11) is 0. The second-order valence-corrected chi connectivity index (χ2v) is 4.31. The standard InChI is InChI=1S/C13H16N4O/c1-8-2-3-9(6-10(8)14)4-5-12-16-11(15)7-13(18)17-12/h2-3,6-7H,4-5,14H2,1H3,(H3,15,16,17,18). The average Bonchev–Trinajstić information content (AvgIpc) is 2.29. The van der Waals surface area contributed by atoms with Gasteiger partial charge in [0.05, 0.1) is 0 Å². The van der Waals surface area contributed by atoms with E-state index in [1.165, 1.54) is 6.07 Å². The molecular formula is C13H16N4O. The molecule has 2 aromatic rings. The number of aryl methyl sites for hydroxylation is 3. The molecule has 0 saturated carbocycles. The van der Waals surface area contributed by atoms with Crippen molar-refractivity contribution < 1.29 is 0 Å². The lowest BCUT2D eigenvalue weighted by atomic mass is 10.1. The number of nitrogen functional groups attached to an aromatic ring is 2. The minimum atomic E-state index is -0.221. The average molecular weight is 244 g/mol. The van der Waals surface area contributed by atoms with Gasteiger partial charge in [0, 0.05) is 18.2 Å². The molecule has 5 nitrogen and oxygen atoms in total. The Balaban J connectivity index is 2.11. The topological polar surface area (TPSA) is 97.8 Å². The van der Waals surface area contributed by atoms with Crippen molar-refractivity contribution in [3.8, 4) is 0 Å². The molecule has 0 spiro atoms. The van der Waals surface area contributed by atoms with Gasteiger partial charge in [-0.3, -0.25) is 4.79 Å². The Morgan fingerprint density at radius 1 is 1.22 bits per heavy atom. The van der Waals surface area contributed by atoms with Crippen molar-refractivity contribution in [2.45, 2.75) is 19.8 Å². The van der Waals surface area contributed by atoms with Crippen LogP contribution in [-0.2, 0) is 12.8 Å². The van der Waals surface area contributed by atoms with E-state index >= 15 is 0 Å². The first-order chi connectivity index (χ1) is 8.54. The van der Waals surface area contributed by atoms with Crippen LogP contribution >= 0.6 is 0 Å². The molecule has 5 N–H and O–H groups in total. The Labute approximate surface area is 105 Å². The largest absolute Gasteiger partial charge is 0.399 e. The maximum atomic E-state index is 11.2.